The Morgan fingerprint density at radius 1 is 1.21 bits per heavy atom. The van der Waals surface area contributed by atoms with Crippen molar-refractivity contribution in [1.82, 2.24) is 0 Å². The minimum absolute atomic E-state index is 0.160. The first-order chi connectivity index (χ1) is 11.4. The zero-order valence-electron chi connectivity index (χ0n) is 13.1. The van der Waals surface area contributed by atoms with E-state index < -0.39 is 24.3 Å². The molecule has 0 aliphatic carbocycles. The van der Waals surface area contributed by atoms with Gasteiger partial charge in [-0.1, -0.05) is 17.7 Å². The van der Waals surface area contributed by atoms with E-state index in [9.17, 15) is 14.0 Å². The number of carbonyl (C=O) groups excluding carboxylic acids is 2. The highest BCUT2D eigenvalue weighted by atomic mass is 35.5. The number of hydrogen-bond donors (Lipinski definition) is 1. The lowest BCUT2D eigenvalue weighted by Gasteiger charge is -2.11. The van der Waals surface area contributed by atoms with Gasteiger partial charge in [-0.25, -0.2) is 9.18 Å². The summed E-state index contributed by atoms with van der Waals surface area (Å²) in [5.74, 6) is -1.85. The van der Waals surface area contributed by atoms with Crippen LogP contribution in [0, 0.1) is 12.7 Å². The van der Waals surface area contributed by atoms with Crippen molar-refractivity contribution in [2.75, 3.05) is 19.0 Å². The maximum atomic E-state index is 13.6. The number of halogens is 2. The SMILES string of the molecule is COc1ccc(C)cc1NC(=O)COC(=O)c1ccc(Cl)cc1F. The Morgan fingerprint density at radius 3 is 2.62 bits per heavy atom. The highest BCUT2D eigenvalue weighted by molar-refractivity contribution is 6.30. The van der Waals surface area contributed by atoms with E-state index in [1.54, 1.807) is 12.1 Å². The summed E-state index contributed by atoms with van der Waals surface area (Å²) in [6.07, 6.45) is 0. The van der Waals surface area contributed by atoms with Gasteiger partial charge < -0.3 is 14.8 Å². The summed E-state index contributed by atoms with van der Waals surface area (Å²) < 4.78 is 23.6. The fourth-order valence-electron chi connectivity index (χ4n) is 1.97. The fourth-order valence-corrected chi connectivity index (χ4v) is 2.13. The molecule has 2 aromatic rings. The molecule has 2 rings (SSSR count). The molecule has 24 heavy (non-hydrogen) atoms. The van der Waals surface area contributed by atoms with Crippen molar-refractivity contribution in [3.05, 3.63) is 58.4 Å². The number of carbonyl (C=O) groups is 2. The molecule has 0 atom stereocenters. The van der Waals surface area contributed by atoms with Gasteiger partial charge in [0.2, 0.25) is 0 Å². The van der Waals surface area contributed by atoms with Gasteiger partial charge in [0.25, 0.3) is 5.91 Å². The van der Waals surface area contributed by atoms with Crippen LogP contribution in [-0.4, -0.2) is 25.6 Å². The molecule has 126 valence electrons. The first-order valence-electron chi connectivity index (χ1n) is 6.97. The number of hydrogen-bond acceptors (Lipinski definition) is 4. The van der Waals surface area contributed by atoms with Gasteiger partial charge in [0, 0.05) is 5.02 Å². The third-order valence-electron chi connectivity index (χ3n) is 3.11. The number of benzene rings is 2. The van der Waals surface area contributed by atoms with E-state index >= 15 is 0 Å². The molecule has 2 aromatic carbocycles. The van der Waals surface area contributed by atoms with Crippen molar-refractivity contribution in [3.63, 3.8) is 0 Å². The van der Waals surface area contributed by atoms with Crippen molar-refractivity contribution < 1.29 is 23.5 Å². The molecule has 1 N–H and O–H groups in total. The average Bonchev–Trinajstić information content (AvgIpc) is 2.53. The fraction of sp³-hybridized carbons (Fsp3) is 0.176. The van der Waals surface area contributed by atoms with E-state index in [0.717, 1.165) is 11.6 Å². The van der Waals surface area contributed by atoms with Gasteiger partial charge in [0.15, 0.2) is 6.61 Å². The zero-order valence-corrected chi connectivity index (χ0v) is 13.8. The van der Waals surface area contributed by atoms with Crippen molar-refractivity contribution in [1.29, 1.82) is 0 Å². The second kappa shape index (κ2) is 7.79. The predicted octanol–water partition coefficient (Wildman–Crippen LogP) is 3.59. The van der Waals surface area contributed by atoms with Crippen molar-refractivity contribution in [3.8, 4) is 5.75 Å². The molecule has 0 spiro atoms. The lowest BCUT2D eigenvalue weighted by Crippen LogP contribution is -2.21. The van der Waals surface area contributed by atoms with E-state index in [0.29, 0.717) is 11.4 Å². The summed E-state index contributed by atoms with van der Waals surface area (Å²) in [7, 11) is 1.48. The highest BCUT2D eigenvalue weighted by Gasteiger charge is 2.16. The Balaban J connectivity index is 1.98. The third kappa shape index (κ3) is 4.45. The molecular formula is C17H15ClFNO4. The Labute approximate surface area is 143 Å². The maximum absolute atomic E-state index is 13.6. The summed E-state index contributed by atoms with van der Waals surface area (Å²) in [6.45, 7) is 1.30. The molecule has 0 radical (unpaired) electrons. The van der Waals surface area contributed by atoms with E-state index in [4.69, 9.17) is 21.1 Å². The maximum Gasteiger partial charge on any atom is 0.341 e. The van der Waals surface area contributed by atoms with Crippen LogP contribution in [0.1, 0.15) is 15.9 Å². The van der Waals surface area contributed by atoms with Crippen LogP contribution in [0.25, 0.3) is 0 Å². The lowest BCUT2D eigenvalue weighted by atomic mass is 10.2. The van der Waals surface area contributed by atoms with Crippen LogP contribution >= 0.6 is 11.6 Å². The summed E-state index contributed by atoms with van der Waals surface area (Å²) in [4.78, 5) is 23.7. The molecule has 0 aliphatic heterocycles. The second-order valence-electron chi connectivity index (χ2n) is 4.95. The molecule has 0 bridgehead atoms. The number of ether oxygens (including phenoxy) is 2. The molecule has 7 heteroatoms. The monoisotopic (exact) mass is 351 g/mol. The molecule has 0 unspecified atom stereocenters. The van der Waals surface area contributed by atoms with Gasteiger partial charge in [-0.15, -0.1) is 0 Å². The third-order valence-corrected chi connectivity index (χ3v) is 3.35. The van der Waals surface area contributed by atoms with Crippen molar-refractivity contribution >= 4 is 29.2 Å². The second-order valence-corrected chi connectivity index (χ2v) is 5.39. The number of nitrogens with one attached hydrogen (secondary N) is 1. The van der Waals surface area contributed by atoms with Gasteiger partial charge in [0.05, 0.1) is 18.4 Å². The molecule has 0 fully saturated rings. The van der Waals surface area contributed by atoms with Crippen LogP contribution in [0.5, 0.6) is 5.75 Å². The summed E-state index contributed by atoms with van der Waals surface area (Å²) in [6, 6.07) is 8.81. The number of rotatable bonds is 5. The van der Waals surface area contributed by atoms with Crippen LogP contribution in [0.4, 0.5) is 10.1 Å². The first kappa shape index (κ1) is 17.7. The van der Waals surface area contributed by atoms with E-state index in [1.807, 2.05) is 13.0 Å². The Bertz CT molecular complexity index is 779. The molecule has 0 saturated carbocycles. The van der Waals surface area contributed by atoms with Gasteiger partial charge in [-0.3, -0.25) is 4.79 Å². The van der Waals surface area contributed by atoms with Crippen LogP contribution < -0.4 is 10.1 Å². The number of aryl methyl sites for hydroxylation is 1. The molecule has 0 heterocycles. The van der Waals surface area contributed by atoms with Crippen LogP contribution in [0.15, 0.2) is 36.4 Å². The standard InChI is InChI=1S/C17H15ClFNO4/c1-10-3-6-15(23-2)14(7-10)20-16(21)9-24-17(22)12-5-4-11(18)8-13(12)19/h3-8H,9H2,1-2H3,(H,20,21). The zero-order chi connectivity index (χ0) is 17.7. The Hall–Kier alpha value is -2.60. The smallest absolute Gasteiger partial charge is 0.341 e. The molecule has 5 nitrogen and oxygen atoms in total. The Kier molecular flexibility index (Phi) is 5.76. The predicted molar refractivity (Wildman–Crippen MR) is 88.1 cm³/mol. The topological polar surface area (TPSA) is 64.6 Å². The minimum atomic E-state index is -0.949. The first-order valence-corrected chi connectivity index (χ1v) is 7.35. The van der Waals surface area contributed by atoms with E-state index in [2.05, 4.69) is 5.32 Å². The number of anilines is 1. The van der Waals surface area contributed by atoms with Crippen molar-refractivity contribution in [2.24, 2.45) is 0 Å². The molecule has 0 aromatic heterocycles. The van der Waals surface area contributed by atoms with Crippen LogP contribution in [-0.2, 0) is 9.53 Å². The Morgan fingerprint density at radius 2 is 1.96 bits per heavy atom. The van der Waals surface area contributed by atoms with E-state index in [-0.39, 0.29) is 10.6 Å². The number of methoxy groups -OCH3 is 1. The number of amides is 1. The summed E-state index contributed by atoms with van der Waals surface area (Å²) >= 11 is 5.61. The molecular weight excluding hydrogens is 337 g/mol. The molecule has 1 amide bonds. The normalized spacial score (nSPS) is 10.2. The van der Waals surface area contributed by atoms with Gasteiger partial charge >= 0.3 is 5.97 Å². The van der Waals surface area contributed by atoms with Crippen LogP contribution in [0.2, 0.25) is 5.02 Å². The van der Waals surface area contributed by atoms with Gasteiger partial charge in [0.1, 0.15) is 11.6 Å². The van der Waals surface area contributed by atoms with Crippen molar-refractivity contribution in [2.45, 2.75) is 6.92 Å². The lowest BCUT2D eigenvalue weighted by molar-refractivity contribution is -0.119. The highest BCUT2D eigenvalue weighted by Crippen LogP contribution is 2.25. The quantitative estimate of drug-likeness (QED) is 0.836. The molecule has 0 saturated heterocycles. The summed E-state index contributed by atoms with van der Waals surface area (Å²) in [5, 5.41) is 2.74. The average molecular weight is 352 g/mol. The number of esters is 1. The van der Waals surface area contributed by atoms with Gasteiger partial charge in [-0.05, 0) is 42.8 Å². The van der Waals surface area contributed by atoms with E-state index in [1.165, 1.54) is 19.2 Å². The molecule has 0 aliphatic rings. The largest absolute Gasteiger partial charge is 0.495 e. The van der Waals surface area contributed by atoms with Crippen LogP contribution in [0.3, 0.4) is 0 Å². The van der Waals surface area contributed by atoms with Gasteiger partial charge in [-0.2, -0.15) is 0 Å². The minimum Gasteiger partial charge on any atom is -0.495 e. The summed E-state index contributed by atoms with van der Waals surface area (Å²) in [5.41, 5.74) is 1.09.